The van der Waals surface area contributed by atoms with Crippen LogP contribution in [0.2, 0.25) is 0 Å². The lowest BCUT2D eigenvalue weighted by atomic mass is 10.00. The van der Waals surface area contributed by atoms with E-state index in [-0.39, 0.29) is 11.1 Å². The van der Waals surface area contributed by atoms with Gasteiger partial charge in [0, 0.05) is 5.56 Å². The van der Waals surface area contributed by atoms with Gasteiger partial charge in [0.15, 0.2) is 5.78 Å². The number of allylic oxidation sites excluding steroid dienone is 2. The molecular formula is C17H13F3O. The van der Waals surface area contributed by atoms with Crippen molar-refractivity contribution in [2.75, 3.05) is 0 Å². The molecule has 2 aromatic rings. The molecule has 2 rings (SSSR count). The third-order valence-electron chi connectivity index (χ3n) is 2.97. The van der Waals surface area contributed by atoms with E-state index < -0.39 is 17.5 Å². The fraction of sp³-hybridized carbons (Fsp3) is 0.118. The highest BCUT2D eigenvalue weighted by Gasteiger charge is 2.35. The van der Waals surface area contributed by atoms with E-state index in [1.807, 2.05) is 0 Å². The molecular weight excluding hydrogens is 277 g/mol. The van der Waals surface area contributed by atoms with Crippen LogP contribution in [0.4, 0.5) is 13.2 Å². The van der Waals surface area contributed by atoms with E-state index in [4.69, 9.17) is 0 Å². The van der Waals surface area contributed by atoms with Gasteiger partial charge in [-0.05, 0) is 18.6 Å². The van der Waals surface area contributed by atoms with Gasteiger partial charge in [-0.25, -0.2) is 0 Å². The minimum atomic E-state index is -4.59. The predicted molar refractivity (Wildman–Crippen MR) is 76.0 cm³/mol. The van der Waals surface area contributed by atoms with Crippen molar-refractivity contribution in [2.24, 2.45) is 0 Å². The maximum Gasteiger partial charge on any atom is 0.417 e. The van der Waals surface area contributed by atoms with E-state index >= 15 is 0 Å². The van der Waals surface area contributed by atoms with Crippen molar-refractivity contribution >= 4 is 11.4 Å². The smallest absolute Gasteiger partial charge is 0.289 e. The molecule has 0 atom stereocenters. The Morgan fingerprint density at radius 3 is 2.14 bits per heavy atom. The molecule has 0 saturated heterocycles. The predicted octanol–water partition coefficient (Wildman–Crippen LogP) is 4.82. The lowest BCUT2D eigenvalue weighted by Crippen LogP contribution is -2.13. The van der Waals surface area contributed by atoms with Crippen molar-refractivity contribution < 1.29 is 18.0 Å². The van der Waals surface area contributed by atoms with E-state index in [9.17, 15) is 18.0 Å². The second kappa shape index (κ2) is 5.95. The lowest BCUT2D eigenvalue weighted by molar-refractivity contribution is -0.0689. The van der Waals surface area contributed by atoms with Crippen LogP contribution in [-0.4, -0.2) is 12.0 Å². The maximum atomic E-state index is 13.2. The molecule has 2 aromatic carbocycles. The highest BCUT2D eigenvalue weighted by Crippen LogP contribution is 2.34. The number of benzene rings is 2. The van der Waals surface area contributed by atoms with Crippen LogP contribution in [0.25, 0.3) is 5.57 Å². The molecule has 0 N–H and O–H groups in total. The quantitative estimate of drug-likeness (QED) is 0.585. The third kappa shape index (κ3) is 3.81. The number of alkyl halides is 3. The monoisotopic (exact) mass is 290 g/mol. The molecule has 1 nitrogen and oxygen atoms in total. The second-order valence-corrected chi connectivity index (χ2v) is 4.66. The van der Waals surface area contributed by atoms with Gasteiger partial charge in [0.1, 0.15) is 0 Å². The molecule has 0 spiro atoms. The zero-order valence-corrected chi connectivity index (χ0v) is 11.3. The van der Waals surface area contributed by atoms with E-state index in [1.165, 1.54) is 30.3 Å². The first kappa shape index (κ1) is 15.0. The van der Waals surface area contributed by atoms with Crippen LogP contribution in [-0.2, 0) is 0 Å². The maximum absolute atomic E-state index is 13.2. The van der Waals surface area contributed by atoms with Gasteiger partial charge in [0.25, 0.3) is 0 Å². The van der Waals surface area contributed by atoms with Crippen LogP contribution >= 0.6 is 0 Å². The van der Waals surface area contributed by atoms with E-state index in [2.05, 4.69) is 0 Å². The van der Waals surface area contributed by atoms with Crippen LogP contribution in [0.3, 0.4) is 0 Å². The van der Waals surface area contributed by atoms with Gasteiger partial charge in [0.2, 0.25) is 0 Å². The molecule has 0 aliphatic heterocycles. The summed E-state index contributed by atoms with van der Waals surface area (Å²) < 4.78 is 39.6. The number of ketones is 1. The fourth-order valence-corrected chi connectivity index (χ4v) is 1.96. The van der Waals surface area contributed by atoms with E-state index in [0.29, 0.717) is 11.6 Å². The second-order valence-electron chi connectivity index (χ2n) is 4.66. The molecule has 0 aliphatic carbocycles. The summed E-state index contributed by atoms with van der Waals surface area (Å²) in [4.78, 5) is 12.0. The molecule has 0 aliphatic rings. The Morgan fingerprint density at radius 1 is 0.952 bits per heavy atom. The van der Waals surface area contributed by atoms with Gasteiger partial charge in [0.05, 0.1) is 5.57 Å². The Morgan fingerprint density at radius 2 is 1.57 bits per heavy atom. The summed E-state index contributed by atoms with van der Waals surface area (Å²) in [5.74, 6) is -0.663. The first-order valence-electron chi connectivity index (χ1n) is 6.33. The topological polar surface area (TPSA) is 17.1 Å². The average Bonchev–Trinajstić information content (AvgIpc) is 2.44. The molecule has 0 fully saturated rings. The molecule has 0 amide bonds. The highest BCUT2D eigenvalue weighted by molar-refractivity contribution is 6.09. The SMILES string of the molecule is Cc1cccc(/C(=C/C(=O)c2ccccc2)C(F)(F)F)c1. The zero-order valence-electron chi connectivity index (χ0n) is 11.3. The van der Waals surface area contributed by atoms with Gasteiger partial charge >= 0.3 is 6.18 Å². The normalized spacial score (nSPS) is 12.3. The van der Waals surface area contributed by atoms with Crippen LogP contribution in [0, 0.1) is 6.92 Å². The molecule has 0 aromatic heterocycles. The number of carbonyl (C=O) groups is 1. The van der Waals surface area contributed by atoms with Gasteiger partial charge in [-0.2, -0.15) is 13.2 Å². The lowest BCUT2D eigenvalue weighted by Gasteiger charge is -2.12. The molecule has 21 heavy (non-hydrogen) atoms. The highest BCUT2D eigenvalue weighted by atomic mass is 19.4. The molecule has 0 radical (unpaired) electrons. The number of hydrogen-bond donors (Lipinski definition) is 0. The largest absolute Gasteiger partial charge is 0.417 e. The van der Waals surface area contributed by atoms with Crippen molar-refractivity contribution in [2.45, 2.75) is 13.1 Å². The Labute approximate surface area is 120 Å². The van der Waals surface area contributed by atoms with Crippen molar-refractivity contribution in [1.29, 1.82) is 0 Å². The van der Waals surface area contributed by atoms with Crippen LogP contribution in [0.15, 0.2) is 60.7 Å². The average molecular weight is 290 g/mol. The molecule has 4 heteroatoms. The summed E-state index contributed by atoms with van der Waals surface area (Å²) >= 11 is 0. The van der Waals surface area contributed by atoms with Crippen molar-refractivity contribution in [3.8, 4) is 0 Å². The minimum absolute atomic E-state index is 0.00761. The fourth-order valence-electron chi connectivity index (χ4n) is 1.96. The number of carbonyl (C=O) groups excluding carboxylic acids is 1. The zero-order chi connectivity index (χ0) is 15.5. The summed E-state index contributed by atoms with van der Waals surface area (Å²) in [6.07, 6.45) is -3.93. The Balaban J connectivity index is 2.47. The summed E-state index contributed by atoms with van der Waals surface area (Å²) in [6, 6.07) is 13.9. The molecule has 0 heterocycles. The standard InChI is InChI=1S/C17H13F3O/c1-12-6-5-9-14(10-12)15(17(18,19)20)11-16(21)13-7-3-2-4-8-13/h2-11H,1H3/b15-11-. The molecule has 0 bridgehead atoms. The first-order chi connectivity index (χ1) is 9.88. The van der Waals surface area contributed by atoms with Crippen molar-refractivity contribution in [3.05, 3.63) is 77.4 Å². The summed E-state index contributed by atoms with van der Waals surface area (Å²) in [7, 11) is 0. The van der Waals surface area contributed by atoms with Gasteiger partial charge in [-0.1, -0.05) is 60.2 Å². The van der Waals surface area contributed by atoms with Crippen molar-refractivity contribution in [1.82, 2.24) is 0 Å². The third-order valence-corrected chi connectivity index (χ3v) is 2.97. The minimum Gasteiger partial charge on any atom is -0.289 e. The van der Waals surface area contributed by atoms with Gasteiger partial charge in [-0.3, -0.25) is 4.79 Å². The molecule has 0 saturated carbocycles. The van der Waals surface area contributed by atoms with Crippen LogP contribution in [0.1, 0.15) is 21.5 Å². The molecule has 108 valence electrons. The number of aryl methyl sites for hydroxylation is 1. The Hall–Kier alpha value is -2.36. The van der Waals surface area contributed by atoms with Crippen LogP contribution < -0.4 is 0 Å². The molecule has 0 unspecified atom stereocenters. The summed E-state index contributed by atoms with van der Waals surface area (Å²) in [5, 5.41) is 0. The Kier molecular flexibility index (Phi) is 4.26. The van der Waals surface area contributed by atoms with Gasteiger partial charge in [-0.15, -0.1) is 0 Å². The first-order valence-corrected chi connectivity index (χ1v) is 6.33. The number of hydrogen-bond acceptors (Lipinski definition) is 1. The van der Waals surface area contributed by atoms with E-state index in [0.717, 1.165) is 0 Å². The van der Waals surface area contributed by atoms with Crippen molar-refractivity contribution in [3.63, 3.8) is 0 Å². The Bertz CT molecular complexity index is 670. The number of rotatable bonds is 3. The van der Waals surface area contributed by atoms with Crippen LogP contribution in [0.5, 0.6) is 0 Å². The number of halogens is 3. The summed E-state index contributed by atoms with van der Waals surface area (Å²) in [5.41, 5.74) is -0.00597. The van der Waals surface area contributed by atoms with E-state index in [1.54, 1.807) is 31.2 Å². The summed E-state index contributed by atoms with van der Waals surface area (Å²) in [6.45, 7) is 1.70. The van der Waals surface area contributed by atoms with Gasteiger partial charge < -0.3 is 0 Å².